The predicted molar refractivity (Wildman–Crippen MR) is 124 cm³/mol. The molecule has 4 heteroatoms. The molecule has 0 amide bonds. The minimum absolute atomic E-state index is 0.251. The second kappa shape index (κ2) is 14.2. The molecule has 0 aromatic carbocycles. The number of hydrogen-bond donors (Lipinski definition) is 0. The topological polar surface area (TPSA) is 27.7 Å². The molecule has 0 aliphatic heterocycles. The molecule has 0 aromatic heterocycles. The summed E-state index contributed by atoms with van der Waals surface area (Å²) in [5.74, 6) is 3.03. The molecular weight excluding hydrogens is 376 g/mol. The van der Waals surface area contributed by atoms with Gasteiger partial charge in [-0.1, -0.05) is 39.0 Å². The van der Waals surface area contributed by atoms with Crippen LogP contribution in [0, 0.1) is 17.8 Å². The van der Waals surface area contributed by atoms with Crippen LogP contribution in [-0.4, -0.2) is 34.2 Å². The molecule has 0 saturated heterocycles. The van der Waals surface area contributed by atoms with Gasteiger partial charge in [0.25, 0.3) is 0 Å². The Kier molecular flexibility index (Phi) is 12.4. The van der Waals surface area contributed by atoms with Gasteiger partial charge in [0.1, 0.15) is 0 Å². The zero-order valence-electron chi connectivity index (χ0n) is 20.1. The fraction of sp³-hybridized carbons (Fsp3) is 1.00. The lowest BCUT2D eigenvalue weighted by atomic mass is 9.70. The maximum atomic E-state index is 6.25. The Morgan fingerprint density at radius 2 is 1.31 bits per heavy atom. The van der Waals surface area contributed by atoms with Crippen molar-refractivity contribution in [1.82, 2.24) is 0 Å². The SMILES string of the molecule is CCCCC1CCC(C2CCC(OCCC[Si](OC(C)C)OC(C)C)CC2)CC1. The van der Waals surface area contributed by atoms with E-state index in [1.807, 2.05) is 0 Å². The van der Waals surface area contributed by atoms with Gasteiger partial charge >= 0.3 is 9.28 Å². The largest absolute Gasteiger partial charge is 0.391 e. The van der Waals surface area contributed by atoms with Gasteiger partial charge in [0, 0.05) is 18.8 Å². The van der Waals surface area contributed by atoms with Crippen molar-refractivity contribution < 1.29 is 13.6 Å². The van der Waals surface area contributed by atoms with Crippen molar-refractivity contribution in [3.05, 3.63) is 0 Å². The van der Waals surface area contributed by atoms with E-state index in [0.717, 1.165) is 36.8 Å². The smallest absolute Gasteiger partial charge is 0.385 e. The maximum Gasteiger partial charge on any atom is 0.385 e. The Morgan fingerprint density at radius 3 is 1.83 bits per heavy atom. The second-order valence-corrected chi connectivity index (χ2v) is 11.9. The molecule has 3 nitrogen and oxygen atoms in total. The molecule has 2 fully saturated rings. The van der Waals surface area contributed by atoms with Crippen LogP contribution in [0.2, 0.25) is 6.04 Å². The van der Waals surface area contributed by atoms with E-state index in [9.17, 15) is 0 Å². The molecule has 0 spiro atoms. The van der Waals surface area contributed by atoms with Gasteiger partial charge in [-0.15, -0.1) is 0 Å². The van der Waals surface area contributed by atoms with Crippen molar-refractivity contribution in [3.8, 4) is 0 Å². The predicted octanol–water partition coefficient (Wildman–Crippen LogP) is 7.29. The van der Waals surface area contributed by atoms with Crippen LogP contribution in [0.4, 0.5) is 0 Å². The lowest BCUT2D eigenvalue weighted by Crippen LogP contribution is -2.30. The second-order valence-electron chi connectivity index (χ2n) is 10.1. The molecule has 2 saturated carbocycles. The summed E-state index contributed by atoms with van der Waals surface area (Å²) in [7, 11) is -1.16. The van der Waals surface area contributed by atoms with Crippen LogP contribution in [0.3, 0.4) is 0 Å². The van der Waals surface area contributed by atoms with Gasteiger partial charge < -0.3 is 13.6 Å². The summed E-state index contributed by atoms with van der Waals surface area (Å²) in [6.07, 6.45) is 17.7. The zero-order valence-corrected chi connectivity index (χ0v) is 21.1. The van der Waals surface area contributed by atoms with E-state index in [1.165, 1.54) is 70.6 Å². The number of unbranched alkanes of at least 4 members (excludes halogenated alkanes) is 1. The Labute approximate surface area is 183 Å². The quantitative estimate of drug-likeness (QED) is 0.229. The fourth-order valence-corrected chi connectivity index (χ4v) is 7.08. The summed E-state index contributed by atoms with van der Waals surface area (Å²) in [5, 5.41) is 0. The van der Waals surface area contributed by atoms with Gasteiger partial charge in [0.2, 0.25) is 0 Å². The lowest BCUT2D eigenvalue weighted by Gasteiger charge is -2.38. The molecule has 29 heavy (non-hydrogen) atoms. The highest BCUT2D eigenvalue weighted by Crippen LogP contribution is 2.41. The van der Waals surface area contributed by atoms with E-state index >= 15 is 0 Å². The molecule has 0 N–H and O–H groups in total. The Hall–Kier alpha value is 0.0969. The number of rotatable bonds is 13. The van der Waals surface area contributed by atoms with Crippen LogP contribution in [0.15, 0.2) is 0 Å². The summed E-state index contributed by atoms with van der Waals surface area (Å²) in [4.78, 5) is 0. The van der Waals surface area contributed by atoms with Crippen LogP contribution in [0.25, 0.3) is 0 Å². The number of ether oxygens (including phenoxy) is 1. The molecule has 0 bridgehead atoms. The van der Waals surface area contributed by atoms with Gasteiger partial charge in [-0.25, -0.2) is 0 Å². The van der Waals surface area contributed by atoms with Crippen LogP contribution in [-0.2, 0) is 13.6 Å². The lowest BCUT2D eigenvalue weighted by molar-refractivity contribution is 0.00629. The highest BCUT2D eigenvalue weighted by molar-refractivity contribution is 6.44. The number of hydrogen-bond acceptors (Lipinski definition) is 3. The van der Waals surface area contributed by atoms with Crippen LogP contribution < -0.4 is 0 Å². The van der Waals surface area contributed by atoms with E-state index in [4.69, 9.17) is 13.6 Å². The third kappa shape index (κ3) is 10.3. The molecule has 0 heterocycles. The third-order valence-electron chi connectivity index (χ3n) is 6.86. The first-order valence-electron chi connectivity index (χ1n) is 12.8. The molecule has 2 aliphatic rings. The third-order valence-corrected chi connectivity index (χ3v) is 9.09. The summed E-state index contributed by atoms with van der Waals surface area (Å²) in [6, 6.07) is 1.03. The Bertz CT molecular complexity index is 389. The molecule has 2 rings (SSSR count). The van der Waals surface area contributed by atoms with E-state index in [-0.39, 0.29) is 12.2 Å². The van der Waals surface area contributed by atoms with E-state index in [2.05, 4.69) is 34.6 Å². The molecule has 171 valence electrons. The van der Waals surface area contributed by atoms with Crippen molar-refractivity contribution in [2.24, 2.45) is 17.8 Å². The molecule has 0 unspecified atom stereocenters. The van der Waals surface area contributed by atoms with Crippen molar-refractivity contribution in [1.29, 1.82) is 0 Å². The molecule has 2 aliphatic carbocycles. The minimum atomic E-state index is -1.16. The van der Waals surface area contributed by atoms with E-state index in [1.54, 1.807) is 0 Å². The zero-order chi connectivity index (χ0) is 21.1. The molecule has 1 radical (unpaired) electrons. The van der Waals surface area contributed by atoms with Crippen molar-refractivity contribution in [2.45, 2.75) is 136 Å². The summed E-state index contributed by atoms with van der Waals surface area (Å²) >= 11 is 0. The fourth-order valence-electron chi connectivity index (χ4n) is 5.31. The van der Waals surface area contributed by atoms with Crippen LogP contribution in [0.5, 0.6) is 0 Å². The van der Waals surface area contributed by atoms with E-state index in [0.29, 0.717) is 6.10 Å². The first-order valence-corrected chi connectivity index (χ1v) is 14.3. The van der Waals surface area contributed by atoms with Gasteiger partial charge in [-0.05, 0) is 96.4 Å². The van der Waals surface area contributed by atoms with Crippen LogP contribution in [0.1, 0.15) is 112 Å². The van der Waals surface area contributed by atoms with Gasteiger partial charge in [0.05, 0.1) is 6.10 Å². The normalized spacial score (nSPS) is 28.6. The monoisotopic (exact) mass is 425 g/mol. The molecular formula is C25H49O3Si. The minimum Gasteiger partial charge on any atom is -0.391 e. The highest BCUT2D eigenvalue weighted by atomic mass is 28.3. The standard InChI is InChI=1S/C25H49O3Si/c1-6-7-9-22-10-12-23(13-11-22)24-14-16-25(17-15-24)26-18-8-19-29(27-20(2)3)28-21(4)5/h20-25H,6-19H2,1-5H3. The molecule has 0 aromatic rings. The highest BCUT2D eigenvalue weighted by Gasteiger charge is 2.31. The summed E-state index contributed by atoms with van der Waals surface area (Å²) < 4.78 is 18.2. The van der Waals surface area contributed by atoms with Crippen molar-refractivity contribution in [3.63, 3.8) is 0 Å². The van der Waals surface area contributed by atoms with Gasteiger partial charge in [-0.3, -0.25) is 0 Å². The first kappa shape index (κ1) is 25.4. The van der Waals surface area contributed by atoms with E-state index < -0.39 is 9.28 Å². The van der Waals surface area contributed by atoms with Gasteiger partial charge in [-0.2, -0.15) is 0 Å². The van der Waals surface area contributed by atoms with Crippen LogP contribution >= 0.6 is 0 Å². The first-order chi connectivity index (χ1) is 14.0. The summed E-state index contributed by atoms with van der Waals surface area (Å²) in [5.41, 5.74) is 0. The van der Waals surface area contributed by atoms with Crippen molar-refractivity contribution in [2.75, 3.05) is 6.61 Å². The Morgan fingerprint density at radius 1 is 0.759 bits per heavy atom. The molecule has 0 atom stereocenters. The average Bonchev–Trinajstić information content (AvgIpc) is 2.69. The van der Waals surface area contributed by atoms with Gasteiger partial charge in [0.15, 0.2) is 0 Å². The maximum absolute atomic E-state index is 6.25. The Balaban J connectivity index is 1.56. The van der Waals surface area contributed by atoms with Crippen molar-refractivity contribution >= 4 is 9.28 Å². The summed E-state index contributed by atoms with van der Waals surface area (Å²) in [6.45, 7) is 11.6. The average molecular weight is 426 g/mol.